The Hall–Kier alpha value is -3.43. The second-order valence-corrected chi connectivity index (χ2v) is 40.8. The summed E-state index contributed by atoms with van der Waals surface area (Å²) < 4.78 is 136. The molecule has 0 aromatic heterocycles. The second kappa shape index (κ2) is 63.7. The van der Waals surface area contributed by atoms with Crippen molar-refractivity contribution in [2.75, 3.05) is 140 Å². The molecule has 15 N–H and O–H groups in total. The van der Waals surface area contributed by atoms with Crippen LogP contribution < -0.4 is 10.6 Å². The zero-order chi connectivity index (χ0) is 99.3. The topological polar surface area (TPSA) is 619 Å². The summed E-state index contributed by atoms with van der Waals surface area (Å²) in [4.78, 5) is 128. The van der Waals surface area contributed by atoms with Crippen molar-refractivity contribution in [2.24, 2.45) is 17.8 Å². The van der Waals surface area contributed by atoms with E-state index in [0.717, 1.165) is 24.2 Å². The van der Waals surface area contributed by atoms with Crippen LogP contribution in [0.15, 0.2) is 0 Å². The van der Waals surface area contributed by atoms with E-state index in [2.05, 4.69) is 16.9 Å². The molecular formula is C88H158N3O41P3. The summed E-state index contributed by atoms with van der Waals surface area (Å²) in [5.41, 5.74) is -1.62. The van der Waals surface area contributed by atoms with Crippen LogP contribution in [0.5, 0.6) is 0 Å². The highest BCUT2D eigenvalue weighted by atomic mass is 31.2. The number of nitrogens with zero attached hydrogens (tertiary/aromatic N) is 1. The van der Waals surface area contributed by atoms with Crippen LogP contribution in [0.4, 0.5) is 0 Å². The number of aliphatic hydroxyl groups is 10. The van der Waals surface area contributed by atoms with E-state index in [-0.39, 0.29) is 154 Å². The van der Waals surface area contributed by atoms with Crippen LogP contribution in [0.2, 0.25) is 0 Å². The Morgan fingerprint density at radius 2 is 0.852 bits per heavy atom. The van der Waals surface area contributed by atoms with Crippen LogP contribution in [-0.4, -0.2) is 392 Å². The van der Waals surface area contributed by atoms with Crippen molar-refractivity contribution in [3.8, 4) is 0 Å². The first-order valence-electron chi connectivity index (χ1n) is 47.8. The Labute approximate surface area is 792 Å². The molecule has 0 radical (unpaired) electrons. The molecule has 6 fully saturated rings. The lowest BCUT2D eigenvalue weighted by Crippen LogP contribution is -2.59. The van der Waals surface area contributed by atoms with Gasteiger partial charge >= 0.3 is 15.6 Å². The molecule has 6 aliphatic rings. The SMILES string of the molecule is C=P(O)(OC)OC[C@H]1O[C@@H](C)[C@H](OCCOC)[C@@H]1OP(=O)(O)OC[C@H]1O[C@@H](C)C[C@@H]1OP(=O)(O)OC[C@@H]1C[C@@H](O)CN1C(=O)CC(=O)NC(COCCCCCCCCC(=O)CCCCO[C@@H]1OC(CO)[C@H](O)[C@H](O)C1C)(COCCC(=O)CCCCCC(=O)CCCCO[C@@H]1OC(CO)[C@H](O)[C@H](O)C1C)COCCC(=O)NCCCCC(=O)CCCCO[C@@H]1OC(CO)[C@H](O)[C@H](O)C1C. The molecule has 6 saturated heterocycles. The number of Topliss-reactive ketones (excluding diaryl/α,β-unsaturated/α-hetero) is 4. The van der Waals surface area contributed by atoms with Gasteiger partial charge in [-0.25, -0.2) is 9.13 Å². The number of ether oxygens (including phenoxy) is 13. The van der Waals surface area contributed by atoms with Crippen LogP contribution in [-0.2, 0) is 131 Å². The summed E-state index contributed by atoms with van der Waals surface area (Å²) in [6.45, 7) is 4.54. The fourth-order valence-electron chi connectivity index (χ4n) is 16.6. The maximum Gasteiger partial charge on any atom is 0.472 e. The Kier molecular flexibility index (Phi) is 56.7. The first kappa shape index (κ1) is 120. The highest BCUT2D eigenvalue weighted by Crippen LogP contribution is 2.52. The third-order valence-electron chi connectivity index (χ3n) is 24.7. The minimum Gasteiger partial charge on any atom is -0.394 e. The van der Waals surface area contributed by atoms with Crippen LogP contribution in [0.25, 0.3) is 0 Å². The van der Waals surface area contributed by atoms with E-state index in [1.165, 1.54) is 14.2 Å². The molecule has 0 aromatic carbocycles. The summed E-state index contributed by atoms with van der Waals surface area (Å²) in [5.74, 6) is -3.74. The molecule has 6 heterocycles. The van der Waals surface area contributed by atoms with Crippen LogP contribution in [0.3, 0.4) is 0 Å². The van der Waals surface area contributed by atoms with Gasteiger partial charge in [-0.05, 0) is 104 Å². The monoisotopic (exact) mass is 2010 g/mol. The predicted molar refractivity (Wildman–Crippen MR) is 481 cm³/mol. The normalized spacial score (nSPS) is 30.6. The highest BCUT2D eigenvalue weighted by molar-refractivity contribution is 7.58. The molecule has 0 aliphatic carbocycles. The van der Waals surface area contributed by atoms with Gasteiger partial charge in [0.1, 0.15) is 102 Å². The average Bonchev–Trinajstić information content (AvgIpc) is 1.72. The van der Waals surface area contributed by atoms with Crippen LogP contribution in [0, 0.1) is 17.8 Å². The van der Waals surface area contributed by atoms with Gasteiger partial charge in [0.2, 0.25) is 25.3 Å². The van der Waals surface area contributed by atoms with Crippen molar-refractivity contribution in [1.82, 2.24) is 15.5 Å². The van der Waals surface area contributed by atoms with E-state index < -0.39 is 239 Å². The van der Waals surface area contributed by atoms with E-state index in [4.69, 9.17) is 88.7 Å². The van der Waals surface area contributed by atoms with Crippen molar-refractivity contribution in [1.29, 1.82) is 0 Å². The molecule has 28 atom stereocenters. The van der Waals surface area contributed by atoms with E-state index in [1.54, 1.807) is 34.6 Å². The molecule has 0 bridgehead atoms. The van der Waals surface area contributed by atoms with Gasteiger partial charge in [0.05, 0.1) is 129 Å². The van der Waals surface area contributed by atoms with Crippen LogP contribution >= 0.6 is 23.2 Å². The summed E-state index contributed by atoms with van der Waals surface area (Å²) in [5, 5.41) is 107. The summed E-state index contributed by atoms with van der Waals surface area (Å²) in [6.07, 6.45) is -6.77. The zero-order valence-corrected chi connectivity index (χ0v) is 82.2. The Bertz CT molecular complexity index is 3480. The molecule has 3 amide bonds. The molecule has 0 aromatic rings. The number of unbranched alkanes of at least 4 members (excludes halogenated alkanes) is 11. The van der Waals surface area contributed by atoms with Gasteiger partial charge in [0.15, 0.2) is 18.9 Å². The number of ketones is 4. The lowest BCUT2D eigenvalue weighted by molar-refractivity contribution is -0.282. The van der Waals surface area contributed by atoms with Crippen molar-refractivity contribution in [2.45, 2.75) is 355 Å². The first-order chi connectivity index (χ1) is 64.3. The smallest absolute Gasteiger partial charge is 0.394 e. The number of aliphatic hydroxyl groups excluding tert-OH is 10. The summed E-state index contributed by atoms with van der Waals surface area (Å²) in [6, 6.07) is -1.11. The van der Waals surface area contributed by atoms with Gasteiger partial charge in [-0.15, -0.1) is 0 Å². The quantitative estimate of drug-likeness (QED) is 0.0236. The molecule has 6 rings (SSSR count). The van der Waals surface area contributed by atoms with Crippen LogP contribution in [0.1, 0.15) is 221 Å². The lowest BCUT2D eigenvalue weighted by Gasteiger charge is -2.40. The minimum absolute atomic E-state index is 0.0161. The number of rotatable bonds is 74. The van der Waals surface area contributed by atoms with Gasteiger partial charge in [-0.1, -0.05) is 52.9 Å². The van der Waals surface area contributed by atoms with Crippen molar-refractivity contribution in [3.05, 3.63) is 0 Å². The fourth-order valence-corrected chi connectivity index (χ4v) is 19.0. The molecule has 135 heavy (non-hydrogen) atoms. The van der Waals surface area contributed by atoms with Gasteiger partial charge in [-0.3, -0.25) is 51.7 Å². The summed E-state index contributed by atoms with van der Waals surface area (Å²) in [7, 11) is -11.2. The molecule has 44 nitrogen and oxygen atoms in total. The number of hydrogen-bond acceptors (Lipinski definition) is 39. The number of methoxy groups -OCH3 is 1. The van der Waals surface area contributed by atoms with Crippen molar-refractivity contribution in [3.63, 3.8) is 0 Å². The third-order valence-corrected chi connectivity index (χ3v) is 27.9. The first-order valence-corrected chi connectivity index (χ1v) is 52.5. The van der Waals surface area contributed by atoms with Gasteiger partial charge < -0.3 is 152 Å². The van der Waals surface area contributed by atoms with Gasteiger partial charge in [0, 0.05) is 136 Å². The van der Waals surface area contributed by atoms with E-state index in [9.17, 15) is 108 Å². The predicted octanol–water partition coefficient (Wildman–Crippen LogP) is 2.90. The van der Waals surface area contributed by atoms with Crippen molar-refractivity contribution >= 4 is 70.4 Å². The number of nitrogens with one attached hydrogen (secondary N) is 2. The third kappa shape index (κ3) is 44.0. The van der Waals surface area contributed by atoms with E-state index in [0.29, 0.717) is 116 Å². The number of amides is 3. The molecule has 0 spiro atoms. The molecule has 6 aliphatic heterocycles. The number of phosphoric acid groups is 2. The zero-order valence-electron chi connectivity index (χ0n) is 79.5. The number of hydrogen-bond donors (Lipinski definition) is 15. The maximum absolute atomic E-state index is 14.6. The standard InChI is InChI=1S/C88H158N3O41P3/c1-57-44-68(72(126-57)52-125-135(112,113)132-84-73(53-123-133(8,109)115-7)127-61(5)83(84)119-43-42-114-6)131-134(110,111)124-51-62-45-67(99)47-91(62)76(102)46-75(101)90-88(54-116-36-22-12-10-9-11-14-26-63(95)30-18-23-37-120-85-58(2)77(103)80(106)69(48-92)128-85,55-117-40-33-66(98)28-16-13-15-27-64(96)31-19-24-38-121-86-59(3)78(104)81(107)70(49-93)129-86)56-118-41-34-74(100)89-35-21-17-29-65(97)32-20-25-39-122-87-60(4)79(105)82(108)71(50-94)130-87/h57-62,67-73,77-87,92-94,99,103-109H,8-56H2,1-7H3,(H,89,100)(H,90,101)(H,110,111)(H,112,113)/t57-,58?,59?,60?,61-,62-,67+,68-,69?,70?,71?,72+,73+,77+,78+,79+,80-,81-,82-,83-,84+,85+,86+,87+,88?,133?/m0/s1. The maximum atomic E-state index is 14.6. The van der Waals surface area contributed by atoms with Gasteiger partial charge in [0.25, 0.3) is 0 Å². The molecule has 0 saturated carbocycles. The fraction of sp³-hybridized carbons (Fsp3) is 0.909. The molecule has 10 unspecified atom stereocenters. The average molecular weight is 2010 g/mol. The number of β-amino-alcohol motifs (C(OH)–C–C–N with tert-alkyl or cyclic N) is 1. The minimum atomic E-state index is -5.14. The van der Waals surface area contributed by atoms with E-state index >= 15 is 0 Å². The van der Waals surface area contributed by atoms with Gasteiger partial charge in [-0.2, -0.15) is 0 Å². The molecular weight excluding hydrogens is 1850 g/mol. The highest BCUT2D eigenvalue weighted by Gasteiger charge is 2.51. The molecule has 47 heteroatoms. The molecule has 786 valence electrons. The lowest BCUT2D eigenvalue weighted by atomic mass is 9.92. The van der Waals surface area contributed by atoms with E-state index in [1.807, 2.05) is 0 Å². The second-order valence-electron chi connectivity index (χ2n) is 36.1. The number of carbonyl (C=O) groups is 7. The Morgan fingerprint density at radius 1 is 0.430 bits per heavy atom. The number of likely N-dealkylation sites (tertiary alicyclic amines) is 1. The van der Waals surface area contributed by atoms with Crippen molar-refractivity contribution < 1.29 is 197 Å². The summed E-state index contributed by atoms with van der Waals surface area (Å²) >= 11 is 0. The Balaban J connectivity index is 1.06. The number of phosphoric ester groups is 2. The largest absolute Gasteiger partial charge is 0.472 e. The number of carbonyl (C=O) groups excluding carboxylic acids is 7. The Morgan fingerprint density at radius 3 is 1.34 bits per heavy atom.